The molecule has 6 heteroatoms. The third-order valence-electron chi connectivity index (χ3n) is 5.31. The molecule has 0 unspecified atom stereocenters. The van der Waals surface area contributed by atoms with Gasteiger partial charge in [0, 0.05) is 6.54 Å². The average molecular weight is 421 g/mol. The van der Waals surface area contributed by atoms with Gasteiger partial charge in [0.1, 0.15) is 6.61 Å². The van der Waals surface area contributed by atoms with E-state index in [1.54, 1.807) is 6.08 Å². The van der Waals surface area contributed by atoms with Gasteiger partial charge in [0.2, 0.25) is 0 Å². The molecule has 2 aromatic rings. The molecule has 6 nitrogen and oxygen atoms in total. The van der Waals surface area contributed by atoms with Gasteiger partial charge in [-0.25, -0.2) is 4.79 Å². The lowest BCUT2D eigenvalue weighted by molar-refractivity contribution is -0.158. The van der Waals surface area contributed by atoms with Crippen molar-refractivity contribution in [3.05, 3.63) is 83.9 Å². The number of nitrogens with zero attached hydrogens (tertiary/aromatic N) is 1. The Balaban J connectivity index is 1.71. The Morgan fingerprint density at radius 1 is 1.03 bits per heavy atom. The number of hydrogen-bond acceptors (Lipinski definition) is 5. The Hall–Kier alpha value is -3.41. The molecule has 0 N–H and O–H groups in total. The van der Waals surface area contributed by atoms with Gasteiger partial charge in [-0.2, -0.15) is 0 Å². The Morgan fingerprint density at radius 2 is 1.68 bits per heavy atom. The molecular weight excluding hydrogens is 394 g/mol. The van der Waals surface area contributed by atoms with Crippen LogP contribution in [0.1, 0.15) is 24.0 Å². The van der Waals surface area contributed by atoms with Crippen LogP contribution in [-0.2, 0) is 36.9 Å². The first-order valence-corrected chi connectivity index (χ1v) is 10.4. The number of esters is 2. The van der Waals surface area contributed by atoms with E-state index in [0.29, 0.717) is 13.0 Å². The minimum absolute atomic E-state index is 0.204. The zero-order valence-electron chi connectivity index (χ0n) is 17.6. The van der Waals surface area contributed by atoms with Gasteiger partial charge in [0.15, 0.2) is 0 Å². The quantitative estimate of drug-likeness (QED) is 0.390. The van der Waals surface area contributed by atoms with Crippen molar-refractivity contribution in [1.29, 1.82) is 0 Å². The SMILES string of the molecule is COC(=O)C(=O)N1CCC[C@H]1/C=C\[C@@H](Cc1ccccc1)C(=O)OCc1ccccc1. The molecule has 0 aliphatic carbocycles. The summed E-state index contributed by atoms with van der Waals surface area (Å²) in [5, 5.41) is 0. The van der Waals surface area contributed by atoms with Crippen LogP contribution in [0.2, 0.25) is 0 Å². The first-order chi connectivity index (χ1) is 15.1. The number of ether oxygens (including phenoxy) is 2. The lowest BCUT2D eigenvalue weighted by Gasteiger charge is -2.21. The van der Waals surface area contributed by atoms with Gasteiger partial charge < -0.3 is 14.4 Å². The molecule has 0 saturated carbocycles. The highest BCUT2D eigenvalue weighted by molar-refractivity contribution is 6.32. The first kappa shape index (κ1) is 22.3. The van der Waals surface area contributed by atoms with Gasteiger partial charge in [-0.1, -0.05) is 72.8 Å². The molecule has 1 saturated heterocycles. The summed E-state index contributed by atoms with van der Waals surface area (Å²) >= 11 is 0. The predicted molar refractivity (Wildman–Crippen MR) is 116 cm³/mol. The molecule has 3 rings (SSSR count). The fourth-order valence-electron chi connectivity index (χ4n) is 3.65. The minimum Gasteiger partial charge on any atom is -0.462 e. The number of methoxy groups -OCH3 is 1. The second-order valence-electron chi connectivity index (χ2n) is 7.47. The summed E-state index contributed by atoms with van der Waals surface area (Å²) in [6.45, 7) is 0.694. The number of amides is 1. The second kappa shape index (κ2) is 11.1. The van der Waals surface area contributed by atoms with Crippen LogP contribution in [0.15, 0.2) is 72.8 Å². The van der Waals surface area contributed by atoms with Crippen LogP contribution in [0, 0.1) is 5.92 Å². The molecule has 1 amide bonds. The maximum Gasteiger partial charge on any atom is 0.396 e. The van der Waals surface area contributed by atoms with Gasteiger partial charge in [-0.05, 0) is 30.4 Å². The normalized spacial score (nSPS) is 16.8. The molecule has 2 atom stereocenters. The fourth-order valence-corrected chi connectivity index (χ4v) is 3.65. The van der Waals surface area contributed by atoms with E-state index in [2.05, 4.69) is 4.74 Å². The van der Waals surface area contributed by atoms with Crippen LogP contribution in [0.5, 0.6) is 0 Å². The summed E-state index contributed by atoms with van der Waals surface area (Å²) in [6.07, 6.45) is 5.65. The van der Waals surface area contributed by atoms with E-state index in [1.165, 1.54) is 12.0 Å². The largest absolute Gasteiger partial charge is 0.462 e. The summed E-state index contributed by atoms with van der Waals surface area (Å²) in [6, 6.07) is 19.0. The van der Waals surface area contributed by atoms with Gasteiger partial charge in [0.05, 0.1) is 19.1 Å². The summed E-state index contributed by atoms with van der Waals surface area (Å²) in [5.41, 5.74) is 1.94. The Labute approximate surface area is 182 Å². The number of rotatable bonds is 7. The molecule has 2 aromatic carbocycles. The summed E-state index contributed by atoms with van der Waals surface area (Å²) < 4.78 is 10.1. The van der Waals surface area contributed by atoms with Crippen molar-refractivity contribution in [3.63, 3.8) is 0 Å². The van der Waals surface area contributed by atoms with Crippen molar-refractivity contribution >= 4 is 17.8 Å². The van der Waals surface area contributed by atoms with Crippen LogP contribution in [-0.4, -0.2) is 42.4 Å². The van der Waals surface area contributed by atoms with Crippen LogP contribution >= 0.6 is 0 Å². The van der Waals surface area contributed by atoms with Crippen molar-refractivity contribution in [2.24, 2.45) is 5.92 Å². The number of hydrogen-bond donors (Lipinski definition) is 0. The Morgan fingerprint density at radius 3 is 2.32 bits per heavy atom. The highest BCUT2D eigenvalue weighted by Crippen LogP contribution is 2.21. The summed E-state index contributed by atoms with van der Waals surface area (Å²) in [4.78, 5) is 38.2. The molecule has 1 heterocycles. The average Bonchev–Trinajstić information content (AvgIpc) is 3.29. The van der Waals surface area contributed by atoms with Gasteiger partial charge in [-0.15, -0.1) is 0 Å². The Kier molecular flexibility index (Phi) is 7.98. The number of likely N-dealkylation sites (tertiary alicyclic amines) is 1. The van der Waals surface area contributed by atoms with Crippen molar-refractivity contribution in [3.8, 4) is 0 Å². The zero-order chi connectivity index (χ0) is 22.1. The molecule has 1 aliphatic heterocycles. The molecule has 1 aliphatic rings. The van der Waals surface area contributed by atoms with Gasteiger partial charge in [0.25, 0.3) is 0 Å². The topological polar surface area (TPSA) is 72.9 Å². The molecule has 0 spiro atoms. The molecule has 0 radical (unpaired) electrons. The van der Waals surface area contributed by atoms with Gasteiger partial charge >= 0.3 is 17.8 Å². The first-order valence-electron chi connectivity index (χ1n) is 10.4. The van der Waals surface area contributed by atoms with Crippen molar-refractivity contribution in [2.75, 3.05) is 13.7 Å². The third-order valence-corrected chi connectivity index (χ3v) is 5.31. The van der Waals surface area contributed by atoms with E-state index in [1.807, 2.05) is 66.7 Å². The summed E-state index contributed by atoms with van der Waals surface area (Å²) in [7, 11) is 1.19. The van der Waals surface area contributed by atoms with Crippen molar-refractivity contribution < 1.29 is 23.9 Å². The number of carbonyl (C=O) groups is 3. The highest BCUT2D eigenvalue weighted by Gasteiger charge is 2.32. The van der Waals surface area contributed by atoms with E-state index >= 15 is 0 Å². The van der Waals surface area contributed by atoms with Crippen molar-refractivity contribution in [2.45, 2.75) is 31.9 Å². The monoisotopic (exact) mass is 421 g/mol. The maximum absolute atomic E-state index is 12.9. The molecule has 0 aromatic heterocycles. The number of benzene rings is 2. The second-order valence-corrected chi connectivity index (χ2v) is 7.47. The van der Waals surface area contributed by atoms with E-state index in [4.69, 9.17) is 4.74 Å². The van der Waals surface area contributed by atoms with E-state index in [-0.39, 0.29) is 18.6 Å². The minimum atomic E-state index is -0.872. The van der Waals surface area contributed by atoms with Crippen LogP contribution in [0.4, 0.5) is 0 Å². The molecule has 31 heavy (non-hydrogen) atoms. The molecule has 1 fully saturated rings. The maximum atomic E-state index is 12.9. The van der Waals surface area contributed by atoms with Crippen LogP contribution < -0.4 is 0 Å². The standard InChI is InChI=1S/C25H27NO5/c1-30-25(29)23(27)26-16-8-13-22(26)15-14-21(17-19-9-4-2-5-10-19)24(28)31-18-20-11-6-3-7-12-20/h2-7,9-12,14-15,21-22H,8,13,16-18H2,1H3/b15-14-/t21-,22-/m0/s1. The smallest absolute Gasteiger partial charge is 0.396 e. The molecular formula is C25H27NO5. The fraction of sp³-hybridized carbons (Fsp3) is 0.320. The molecule has 0 bridgehead atoms. The molecule has 162 valence electrons. The Bertz CT molecular complexity index is 910. The van der Waals surface area contributed by atoms with E-state index in [9.17, 15) is 14.4 Å². The van der Waals surface area contributed by atoms with Gasteiger partial charge in [-0.3, -0.25) is 9.59 Å². The summed E-state index contributed by atoms with van der Waals surface area (Å²) in [5.74, 6) is -2.35. The zero-order valence-corrected chi connectivity index (χ0v) is 17.6. The third kappa shape index (κ3) is 6.28. The van der Waals surface area contributed by atoms with E-state index < -0.39 is 17.8 Å². The van der Waals surface area contributed by atoms with Crippen LogP contribution in [0.3, 0.4) is 0 Å². The lowest BCUT2D eigenvalue weighted by Crippen LogP contribution is -2.39. The van der Waals surface area contributed by atoms with Crippen molar-refractivity contribution in [1.82, 2.24) is 4.90 Å². The van der Waals surface area contributed by atoms with E-state index in [0.717, 1.165) is 24.0 Å². The number of carbonyl (C=O) groups excluding carboxylic acids is 3. The lowest BCUT2D eigenvalue weighted by atomic mass is 9.98. The highest BCUT2D eigenvalue weighted by atomic mass is 16.5. The van der Waals surface area contributed by atoms with Crippen LogP contribution in [0.25, 0.3) is 0 Å². The predicted octanol–water partition coefficient (Wildman–Crippen LogP) is 3.31.